The Hall–Kier alpha value is -2.29. The van der Waals surface area contributed by atoms with Crippen molar-refractivity contribution in [2.45, 2.75) is 0 Å². The van der Waals surface area contributed by atoms with Crippen LogP contribution in [0.1, 0.15) is 5.56 Å². The summed E-state index contributed by atoms with van der Waals surface area (Å²) in [6.07, 6.45) is 1.62. The molecule has 3 N–H and O–H groups in total. The van der Waals surface area contributed by atoms with E-state index in [1.165, 1.54) is 0 Å². The molecule has 80 valence electrons. The molecule has 2 aromatic carbocycles. The Morgan fingerprint density at radius 1 is 0.875 bits per heavy atom. The van der Waals surface area contributed by atoms with Crippen LogP contribution in [-0.2, 0) is 0 Å². The van der Waals surface area contributed by atoms with E-state index in [0.29, 0.717) is 0 Å². The van der Waals surface area contributed by atoms with Crippen molar-refractivity contribution in [3.63, 3.8) is 0 Å². The van der Waals surface area contributed by atoms with Gasteiger partial charge in [-0.1, -0.05) is 30.3 Å². The van der Waals surface area contributed by atoms with E-state index in [1.807, 2.05) is 54.6 Å². The number of hydrazone groups is 1. The number of nitrogens with two attached hydrogens (primary N) is 1. The number of anilines is 2. The van der Waals surface area contributed by atoms with Crippen LogP contribution in [0.15, 0.2) is 59.7 Å². The Morgan fingerprint density at radius 3 is 2.12 bits per heavy atom. The van der Waals surface area contributed by atoms with Crippen molar-refractivity contribution in [3.8, 4) is 0 Å². The van der Waals surface area contributed by atoms with Crippen molar-refractivity contribution in [2.75, 3.05) is 5.32 Å². The molecule has 0 saturated heterocycles. The minimum Gasteiger partial charge on any atom is -0.356 e. The van der Waals surface area contributed by atoms with Gasteiger partial charge in [-0.05, 0) is 29.8 Å². The van der Waals surface area contributed by atoms with Gasteiger partial charge in [-0.25, -0.2) is 0 Å². The predicted molar refractivity (Wildman–Crippen MR) is 67.9 cm³/mol. The molecular formula is C13H13N3. The van der Waals surface area contributed by atoms with Crippen LogP contribution in [0.3, 0.4) is 0 Å². The average Bonchev–Trinajstić information content (AvgIpc) is 2.33. The number of hydrogen-bond acceptors (Lipinski definition) is 3. The lowest BCUT2D eigenvalue weighted by Crippen LogP contribution is -1.91. The van der Waals surface area contributed by atoms with Gasteiger partial charge in [0.2, 0.25) is 0 Å². The Bertz CT molecular complexity index is 460. The highest BCUT2D eigenvalue weighted by Crippen LogP contribution is 2.15. The van der Waals surface area contributed by atoms with Gasteiger partial charge in [-0.15, -0.1) is 0 Å². The van der Waals surface area contributed by atoms with Crippen molar-refractivity contribution < 1.29 is 0 Å². The van der Waals surface area contributed by atoms with Gasteiger partial charge >= 0.3 is 0 Å². The summed E-state index contributed by atoms with van der Waals surface area (Å²) < 4.78 is 0. The number of benzene rings is 2. The molecule has 0 aliphatic carbocycles. The molecule has 2 rings (SSSR count). The standard InChI is InChI=1S/C13H13N3/c14-15-10-11-6-8-13(9-7-11)16-12-4-2-1-3-5-12/h1-10,16H,14H2/b15-10-. The molecule has 0 aliphatic heterocycles. The SMILES string of the molecule is N/N=C\c1ccc(Nc2ccccc2)cc1. The van der Waals surface area contributed by atoms with E-state index in [0.717, 1.165) is 16.9 Å². The first-order valence-electron chi connectivity index (χ1n) is 5.04. The minimum atomic E-state index is 0.987. The third-order valence-corrected chi connectivity index (χ3v) is 2.20. The summed E-state index contributed by atoms with van der Waals surface area (Å²) in [4.78, 5) is 0. The van der Waals surface area contributed by atoms with Gasteiger partial charge in [0.1, 0.15) is 0 Å². The maximum absolute atomic E-state index is 5.08. The molecule has 0 spiro atoms. The molecule has 0 unspecified atom stereocenters. The van der Waals surface area contributed by atoms with Gasteiger partial charge in [0.15, 0.2) is 0 Å². The first-order valence-corrected chi connectivity index (χ1v) is 5.04. The lowest BCUT2D eigenvalue weighted by atomic mass is 10.2. The van der Waals surface area contributed by atoms with Gasteiger partial charge in [0, 0.05) is 11.4 Å². The fourth-order valence-corrected chi connectivity index (χ4v) is 1.43. The predicted octanol–water partition coefficient (Wildman–Crippen LogP) is 2.72. The highest BCUT2D eigenvalue weighted by atomic mass is 15.1. The van der Waals surface area contributed by atoms with E-state index >= 15 is 0 Å². The molecule has 0 fully saturated rings. The normalized spacial score (nSPS) is 10.5. The molecule has 0 amide bonds. The molecule has 3 nitrogen and oxygen atoms in total. The van der Waals surface area contributed by atoms with E-state index in [9.17, 15) is 0 Å². The lowest BCUT2D eigenvalue weighted by molar-refractivity contribution is 1.26. The fourth-order valence-electron chi connectivity index (χ4n) is 1.43. The molecule has 0 bridgehead atoms. The van der Waals surface area contributed by atoms with Crippen molar-refractivity contribution in [3.05, 3.63) is 60.2 Å². The fraction of sp³-hybridized carbons (Fsp3) is 0. The number of para-hydroxylation sites is 1. The molecule has 0 saturated carbocycles. The van der Waals surface area contributed by atoms with Crippen LogP contribution in [0.2, 0.25) is 0 Å². The molecule has 16 heavy (non-hydrogen) atoms. The monoisotopic (exact) mass is 211 g/mol. The molecule has 2 aromatic rings. The van der Waals surface area contributed by atoms with Crippen LogP contribution in [0.5, 0.6) is 0 Å². The van der Waals surface area contributed by atoms with Crippen LogP contribution in [0.4, 0.5) is 11.4 Å². The Balaban J connectivity index is 2.11. The second-order valence-corrected chi connectivity index (χ2v) is 3.39. The summed E-state index contributed by atoms with van der Waals surface area (Å²) in [5, 5.41) is 6.77. The smallest absolute Gasteiger partial charge is 0.0538 e. The van der Waals surface area contributed by atoms with E-state index in [4.69, 9.17) is 5.84 Å². The number of nitrogens with zero attached hydrogens (tertiary/aromatic N) is 1. The second-order valence-electron chi connectivity index (χ2n) is 3.39. The van der Waals surface area contributed by atoms with E-state index in [2.05, 4.69) is 10.4 Å². The van der Waals surface area contributed by atoms with E-state index in [1.54, 1.807) is 6.21 Å². The van der Waals surface area contributed by atoms with Gasteiger partial charge in [0.25, 0.3) is 0 Å². The summed E-state index contributed by atoms with van der Waals surface area (Å²) >= 11 is 0. The summed E-state index contributed by atoms with van der Waals surface area (Å²) in [5.41, 5.74) is 3.10. The molecule has 0 heterocycles. The van der Waals surface area contributed by atoms with Gasteiger partial charge in [-0.2, -0.15) is 5.10 Å². The number of nitrogens with one attached hydrogen (secondary N) is 1. The van der Waals surface area contributed by atoms with Gasteiger partial charge in [-0.3, -0.25) is 0 Å². The highest BCUT2D eigenvalue weighted by Gasteiger charge is 1.93. The molecular weight excluding hydrogens is 198 g/mol. The largest absolute Gasteiger partial charge is 0.356 e. The Labute approximate surface area is 94.6 Å². The van der Waals surface area contributed by atoms with E-state index in [-0.39, 0.29) is 0 Å². The van der Waals surface area contributed by atoms with Crippen molar-refractivity contribution >= 4 is 17.6 Å². The van der Waals surface area contributed by atoms with Crippen molar-refractivity contribution in [2.24, 2.45) is 10.9 Å². The zero-order chi connectivity index (χ0) is 11.2. The second kappa shape index (κ2) is 4.98. The molecule has 0 radical (unpaired) electrons. The van der Waals surface area contributed by atoms with Gasteiger partial charge in [0.05, 0.1) is 6.21 Å². The van der Waals surface area contributed by atoms with Crippen LogP contribution >= 0.6 is 0 Å². The summed E-state index contributed by atoms with van der Waals surface area (Å²) in [7, 11) is 0. The molecule has 0 aliphatic rings. The third-order valence-electron chi connectivity index (χ3n) is 2.20. The molecule has 3 heteroatoms. The van der Waals surface area contributed by atoms with Gasteiger partial charge < -0.3 is 11.2 Å². The third kappa shape index (κ3) is 2.60. The number of rotatable bonds is 3. The molecule has 0 atom stereocenters. The zero-order valence-corrected chi connectivity index (χ0v) is 8.80. The lowest BCUT2D eigenvalue weighted by Gasteiger charge is -2.05. The highest BCUT2D eigenvalue weighted by molar-refractivity contribution is 5.80. The summed E-state index contributed by atoms with van der Waals surface area (Å²) in [6, 6.07) is 17.9. The van der Waals surface area contributed by atoms with E-state index < -0.39 is 0 Å². The quantitative estimate of drug-likeness (QED) is 0.466. The Morgan fingerprint density at radius 2 is 1.50 bits per heavy atom. The summed E-state index contributed by atoms with van der Waals surface area (Å²) in [6.45, 7) is 0. The van der Waals surface area contributed by atoms with Crippen LogP contribution < -0.4 is 11.2 Å². The van der Waals surface area contributed by atoms with Crippen LogP contribution in [-0.4, -0.2) is 6.21 Å². The van der Waals surface area contributed by atoms with Crippen molar-refractivity contribution in [1.82, 2.24) is 0 Å². The first kappa shape index (κ1) is 10.2. The minimum absolute atomic E-state index is 0.987. The molecule has 0 aromatic heterocycles. The average molecular weight is 211 g/mol. The van der Waals surface area contributed by atoms with Crippen LogP contribution in [0.25, 0.3) is 0 Å². The Kier molecular flexibility index (Phi) is 3.18. The summed E-state index contributed by atoms with van der Waals surface area (Å²) in [5.74, 6) is 5.08. The van der Waals surface area contributed by atoms with Crippen molar-refractivity contribution in [1.29, 1.82) is 0 Å². The number of hydrogen-bond donors (Lipinski definition) is 2. The topological polar surface area (TPSA) is 50.4 Å². The maximum Gasteiger partial charge on any atom is 0.0538 e. The maximum atomic E-state index is 5.08. The van der Waals surface area contributed by atoms with Crippen LogP contribution in [0, 0.1) is 0 Å². The zero-order valence-electron chi connectivity index (χ0n) is 8.80. The first-order chi connectivity index (χ1) is 7.88.